The molecule has 1 fully saturated rings. The van der Waals surface area contributed by atoms with Crippen LogP contribution in [-0.4, -0.2) is 24.1 Å². The second-order valence-corrected chi connectivity index (χ2v) is 6.58. The number of thiophene rings is 1. The molecule has 2 N–H and O–H groups in total. The summed E-state index contributed by atoms with van der Waals surface area (Å²) in [7, 11) is 0. The van der Waals surface area contributed by atoms with Crippen LogP contribution in [-0.2, 0) is 6.54 Å². The minimum Gasteiger partial charge on any atom is -0.494 e. The second kappa shape index (κ2) is 6.96. The van der Waals surface area contributed by atoms with Gasteiger partial charge in [-0.25, -0.2) is 0 Å². The van der Waals surface area contributed by atoms with E-state index in [1.54, 1.807) is 0 Å². The Morgan fingerprint density at radius 2 is 2.00 bits per heavy atom. The first-order valence-corrected chi connectivity index (χ1v) is 8.44. The van der Waals surface area contributed by atoms with Gasteiger partial charge < -0.3 is 10.5 Å². The first-order chi connectivity index (χ1) is 10.3. The highest BCUT2D eigenvalue weighted by Gasteiger charge is 2.28. The Morgan fingerprint density at radius 3 is 2.67 bits per heavy atom. The van der Waals surface area contributed by atoms with Crippen molar-refractivity contribution >= 4 is 17.0 Å². The minimum atomic E-state index is 0.761. The quantitative estimate of drug-likeness (QED) is 0.596. The predicted molar refractivity (Wildman–Crippen MR) is 88.7 cm³/mol. The van der Waals surface area contributed by atoms with E-state index in [2.05, 4.69) is 22.4 Å². The Morgan fingerprint density at radius 1 is 1.19 bits per heavy atom. The van der Waals surface area contributed by atoms with Crippen molar-refractivity contribution in [3.63, 3.8) is 0 Å². The lowest BCUT2D eigenvalue weighted by Crippen LogP contribution is -2.27. The highest BCUT2D eigenvalue weighted by Crippen LogP contribution is 2.29. The first kappa shape index (κ1) is 14.4. The van der Waals surface area contributed by atoms with Crippen molar-refractivity contribution in [2.45, 2.75) is 31.8 Å². The molecule has 3 nitrogen and oxygen atoms in total. The van der Waals surface area contributed by atoms with Gasteiger partial charge >= 0.3 is 0 Å². The van der Waals surface area contributed by atoms with Crippen LogP contribution in [0.15, 0.2) is 41.8 Å². The topological polar surface area (TPSA) is 38.5 Å². The molecule has 112 valence electrons. The maximum absolute atomic E-state index is 5.77. The zero-order valence-electron chi connectivity index (χ0n) is 12.2. The van der Waals surface area contributed by atoms with E-state index in [0.29, 0.717) is 0 Å². The van der Waals surface area contributed by atoms with Crippen LogP contribution in [0.1, 0.15) is 24.1 Å². The van der Waals surface area contributed by atoms with E-state index in [4.69, 9.17) is 10.5 Å². The standard InChI is InChI=1S/C17H22N2OS/c18-14-4-8-16(9-5-14)20-11-2-10-19(15-6-7-15)13-17-3-1-12-21-17/h1,3-5,8-9,12,15H,2,6-7,10-11,13,18H2. The highest BCUT2D eigenvalue weighted by molar-refractivity contribution is 7.09. The first-order valence-electron chi connectivity index (χ1n) is 7.56. The van der Waals surface area contributed by atoms with Crippen molar-refractivity contribution in [3.05, 3.63) is 46.7 Å². The molecule has 3 rings (SSSR count). The average molecular weight is 302 g/mol. The normalized spacial score (nSPS) is 14.5. The van der Waals surface area contributed by atoms with Crippen LogP contribution in [0.5, 0.6) is 5.75 Å². The molecule has 21 heavy (non-hydrogen) atoms. The van der Waals surface area contributed by atoms with E-state index in [1.165, 1.54) is 17.7 Å². The van der Waals surface area contributed by atoms with Crippen LogP contribution in [0.3, 0.4) is 0 Å². The predicted octanol–water partition coefficient (Wildman–Crippen LogP) is 3.76. The Bertz CT molecular complexity index is 534. The lowest BCUT2D eigenvalue weighted by Gasteiger charge is -2.21. The molecule has 0 amide bonds. The van der Waals surface area contributed by atoms with E-state index in [-0.39, 0.29) is 0 Å². The van der Waals surface area contributed by atoms with E-state index in [1.807, 2.05) is 35.6 Å². The third kappa shape index (κ3) is 4.48. The molecule has 0 atom stereocenters. The molecule has 0 radical (unpaired) electrons. The van der Waals surface area contributed by atoms with Gasteiger partial charge in [-0.05, 0) is 55.0 Å². The number of hydrogen-bond acceptors (Lipinski definition) is 4. The van der Waals surface area contributed by atoms with Gasteiger partial charge in [0.1, 0.15) is 5.75 Å². The third-order valence-corrected chi connectivity index (χ3v) is 4.60. The maximum Gasteiger partial charge on any atom is 0.119 e. The second-order valence-electron chi connectivity index (χ2n) is 5.55. The van der Waals surface area contributed by atoms with Crippen molar-refractivity contribution in [2.24, 2.45) is 0 Å². The van der Waals surface area contributed by atoms with E-state index < -0.39 is 0 Å². The summed E-state index contributed by atoms with van der Waals surface area (Å²) in [5.41, 5.74) is 6.44. The average Bonchev–Trinajstić information content (AvgIpc) is 3.22. The summed E-state index contributed by atoms with van der Waals surface area (Å²) < 4.78 is 5.77. The zero-order valence-corrected chi connectivity index (χ0v) is 13.0. The number of nitrogen functional groups attached to an aromatic ring is 1. The fourth-order valence-corrected chi connectivity index (χ4v) is 3.18. The maximum atomic E-state index is 5.77. The Kier molecular flexibility index (Phi) is 4.78. The molecule has 1 aliphatic carbocycles. The molecular weight excluding hydrogens is 280 g/mol. The van der Waals surface area contributed by atoms with Crippen molar-refractivity contribution in [1.82, 2.24) is 4.90 Å². The molecule has 2 aromatic rings. The Hall–Kier alpha value is -1.52. The number of benzene rings is 1. The zero-order chi connectivity index (χ0) is 14.5. The number of rotatable bonds is 8. The summed E-state index contributed by atoms with van der Waals surface area (Å²) in [6.07, 6.45) is 3.76. The van der Waals surface area contributed by atoms with E-state index in [9.17, 15) is 0 Å². The third-order valence-electron chi connectivity index (χ3n) is 3.74. The van der Waals surface area contributed by atoms with Crippen LogP contribution in [0, 0.1) is 0 Å². The van der Waals surface area contributed by atoms with Crippen LogP contribution in [0.25, 0.3) is 0 Å². The van der Waals surface area contributed by atoms with Gasteiger partial charge in [-0.1, -0.05) is 6.07 Å². The largest absolute Gasteiger partial charge is 0.494 e. The number of ether oxygens (including phenoxy) is 1. The highest BCUT2D eigenvalue weighted by atomic mass is 32.1. The van der Waals surface area contributed by atoms with Gasteiger partial charge in [-0.15, -0.1) is 11.3 Å². The van der Waals surface area contributed by atoms with Gasteiger partial charge in [0.15, 0.2) is 0 Å². The molecule has 0 bridgehead atoms. The van der Waals surface area contributed by atoms with Gasteiger partial charge in [0.05, 0.1) is 6.61 Å². The molecule has 0 spiro atoms. The number of anilines is 1. The fraction of sp³-hybridized carbons (Fsp3) is 0.412. The summed E-state index contributed by atoms with van der Waals surface area (Å²) in [4.78, 5) is 4.05. The van der Waals surface area contributed by atoms with Crippen LogP contribution in [0.2, 0.25) is 0 Å². The number of hydrogen-bond donors (Lipinski definition) is 1. The van der Waals surface area contributed by atoms with Crippen LogP contribution < -0.4 is 10.5 Å². The monoisotopic (exact) mass is 302 g/mol. The van der Waals surface area contributed by atoms with Crippen molar-refractivity contribution in [3.8, 4) is 5.75 Å². The van der Waals surface area contributed by atoms with Crippen LogP contribution >= 0.6 is 11.3 Å². The molecule has 0 saturated heterocycles. The Balaban J connectivity index is 1.41. The van der Waals surface area contributed by atoms with E-state index in [0.717, 1.165) is 43.6 Å². The molecule has 1 heterocycles. The lowest BCUT2D eigenvalue weighted by atomic mass is 10.3. The molecule has 0 unspecified atom stereocenters. The summed E-state index contributed by atoms with van der Waals surface area (Å²) in [5, 5.41) is 2.16. The molecule has 1 aromatic heterocycles. The molecular formula is C17H22N2OS. The fourth-order valence-electron chi connectivity index (χ4n) is 2.45. The SMILES string of the molecule is Nc1ccc(OCCCN(Cc2cccs2)C2CC2)cc1. The minimum absolute atomic E-state index is 0.761. The number of nitrogens with two attached hydrogens (primary N) is 1. The van der Waals surface area contributed by atoms with Gasteiger partial charge in [-0.2, -0.15) is 0 Å². The van der Waals surface area contributed by atoms with Gasteiger partial charge in [-0.3, -0.25) is 4.90 Å². The molecule has 4 heteroatoms. The summed E-state index contributed by atoms with van der Waals surface area (Å²) in [6, 6.07) is 12.8. The van der Waals surface area contributed by atoms with Crippen molar-refractivity contribution in [2.75, 3.05) is 18.9 Å². The molecule has 1 aromatic carbocycles. The van der Waals surface area contributed by atoms with Crippen LogP contribution in [0.4, 0.5) is 5.69 Å². The smallest absolute Gasteiger partial charge is 0.119 e. The number of nitrogens with zero attached hydrogens (tertiary/aromatic N) is 1. The van der Waals surface area contributed by atoms with E-state index >= 15 is 0 Å². The molecule has 1 saturated carbocycles. The van der Waals surface area contributed by atoms with Gasteiger partial charge in [0.25, 0.3) is 0 Å². The summed E-state index contributed by atoms with van der Waals surface area (Å²) in [5.74, 6) is 0.903. The molecule has 1 aliphatic rings. The van der Waals surface area contributed by atoms with Crippen molar-refractivity contribution < 1.29 is 4.74 Å². The van der Waals surface area contributed by atoms with Gasteiger partial charge in [0, 0.05) is 29.7 Å². The van der Waals surface area contributed by atoms with Crippen molar-refractivity contribution in [1.29, 1.82) is 0 Å². The summed E-state index contributed by atoms with van der Waals surface area (Å²) in [6.45, 7) is 2.96. The summed E-state index contributed by atoms with van der Waals surface area (Å²) >= 11 is 1.85. The Labute approximate surface area is 130 Å². The lowest BCUT2D eigenvalue weighted by molar-refractivity contribution is 0.222. The molecule has 0 aliphatic heterocycles. The van der Waals surface area contributed by atoms with Gasteiger partial charge in [0.2, 0.25) is 0 Å².